The molecule has 11 heteroatoms. The van der Waals surface area contributed by atoms with E-state index in [-0.39, 0.29) is 5.41 Å². The summed E-state index contributed by atoms with van der Waals surface area (Å²) in [5.41, 5.74) is 5.09. The molecule has 0 unspecified atom stereocenters. The molecule has 9 atom stereocenters. The number of Topliss-reactive ketones (excluding diaryl/α,β-unsaturated/α-hetero) is 1. The van der Waals surface area contributed by atoms with Gasteiger partial charge in [0.15, 0.2) is 6.10 Å². The largest absolute Gasteiger partial charge is 0.394 e. The van der Waals surface area contributed by atoms with Crippen molar-refractivity contribution in [1.29, 1.82) is 0 Å². The van der Waals surface area contributed by atoms with Gasteiger partial charge in [0.1, 0.15) is 48.8 Å². The Balaban J connectivity index is 1.31. The molecule has 4 aliphatic rings. The van der Waals surface area contributed by atoms with E-state index in [1.54, 1.807) is 0 Å². The number of carbonyl (C=O) groups is 1. The van der Waals surface area contributed by atoms with Crippen molar-refractivity contribution in [3.8, 4) is 34.8 Å². The lowest BCUT2D eigenvalue weighted by atomic mass is 9.72. The van der Waals surface area contributed by atoms with Gasteiger partial charge < -0.3 is 50.0 Å². The first-order valence-electron chi connectivity index (χ1n) is 14.6. The standard InChI is InChI=1S/C33H34O11/c34-15-25-29(38)31(40)27(36)23(43-25)7-3-17-1-5-19-20-6-2-18(4-8-24-28(37)32(41)30(39)26(16-35)44-24)14-22(20)33(21(19)13-17)9-11-42-12-10-33/h1-2,5-6,13-14,23-27,29-32,34-36,38-41H,9-12,15-16H2/t23-,24-,25-,26-,27-,29-,30-,31-,32-/m1/s1. The Hall–Kier alpha value is -3.17. The maximum absolute atomic E-state index is 12.5. The van der Waals surface area contributed by atoms with E-state index >= 15 is 0 Å². The lowest BCUT2D eigenvalue weighted by molar-refractivity contribution is -0.214. The molecule has 232 valence electrons. The zero-order valence-electron chi connectivity index (χ0n) is 23.7. The quantitative estimate of drug-likeness (QED) is 0.195. The third kappa shape index (κ3) is 5.26. The van der Waals surface area contributed by atoms with Crippen LogP contribution in [-0.2, 0) is 24.4 Å². The van der Waals surface area contributed by atoms with Gasteiger partial charge in [0.2, 0.25) is 5.78 Å². The number of aliphatic hydroxyl groups excluding tert-OH is 7. The molecule has 3 saturated heterocycles. The predicted molar refractivity (Wildman–Crippen MR) is 153 cm³/mol. The van der Waals surface area contributed by atoms with Gasteiger partial charge in [-0.15, -0.1) is 0 Å². The molecule has 6 rings (SSSR count). The van der Waals surface area contributed by atoms with Gasteiger partial charge in [-0.2, -0.15) is 0 Å². The number of fused-ring (bicyclic) bond motifs is 5. The zero-order valence-corrected chi connectivity index (χ0v) is 23.7. The zero-order chi connectivity index (χ0) is 31.2. The summed E-state index contributed by atoms with van der Waals surface area (Å²) in [6.45, 7) is -0.0127. The Kier molecular flexibility index (Phi) is 8.63. The number of ether oxygens (including phenoxy) is 3. The molecule has 3 fully saturated rings. The van der Waals surface area contributed by atoms with Crippen LogP contribution in [0, 0.1) is 23.7 Å². The molecule has 3 heterocycles. The van der Waals surface area contributed by atoms with Crippen molar-refractivity contribution in [3.05, 3.63) is 58.7 Å². The maximum Gasteiger partial charge on any atom is 0.204 e. The summed E-state index contributed by atoms with van der Waals surface area (Å²) in [6, 6.07) is 11.6. The highest BCUT2D eigenvalue weighted by Crippen LogP contribution is 2.54. The average Bonchev–Trinajstić information content (AvgIpc) is 3.29. The van der Waals surface area contributed by atoms with Crippen LogP contribution in [0.5, 0.6) is 0 Å². The monoisotopic (exact) mass is 606 g/mol. The highest BCUT2D eigenvalue weighted by atomic mass is 16.5. The highest BCUT2D eigenvalue weighted by Gasteiger charge is 2.46. The Labute approximate surface area is 253 Å². The molecule has 0 bridgehead atoms. The molecular formula is C33H34O11. The van der Waals surface area contributed by atoms with E-state index in [1.807, 2.05) is 36.4 Å². The normalized spacial score (nSPS) is 33.9. The van der Waals surface area contributed by atoms with E-state index < -0.39 is 73.9 Å². The van der Waals surface area contributed by atoms with Gasteiger partial charge in [0.05, 0.1) is 13.2 Å². The minimum absolute atomic E-state index is 0.388. The predicted octanol–water partition coefficient (Wildman–Crippen LogP) is -1.64. The second kappa shape index (κ2) is 12.3. The van der Waals surface area contributed by atoms with Crippen LogP contribution in [0.3, 0.4) is 0 Å². The van der Waals surface area contributed by atoms with Crippen molar-refractivity contribution in [2.24, 2.45) is 0 Å². The Morgan fingerprint density at radius 1 is 0.727 bits per heavy atom. The molecule has 0 saturated carbocycles. The number of aliphatic hydroxyl groups is 7. The summed E-state index contributed by atoms with van der Waals surface area (Å²) in [7, 11) is 0. The second-order valence-electron chi connectivity index (χ2n) is 11.6. The molecule has 1 aliphatic carbocycles. The van der Waals surface area contributed by atoms with Crippen molar-refractivity contribution >= 4 is 5.78 Å². The number of carbonyl (C=O) groups excluding carboxylic acids is 1. The van der Waals surface area contributed by atoms with E-state index in [1.165, 1.54) is 0 Å². The Bertz CT molecular complexity index is 1540. The van der Waals surface area contributed by atoms with E-state index in [4.69, 9.17) is 14.2 Å². The topological polar surface area (TPSA) is 186 Å². The van der Waals surface area contributed by atoms with Crippen LogP contribution >= 0.6 is 0 Å². The van der Waals surface area contributed by atoms with Gasteiger partial charge >= 0.3 is 0 Å². The molecular weight excluding hydrogens is 572 g/mol. The van der Waals surface area contributed by atoms with Gasteiger partial charge in [0, 0.05) is 29.8 Å². The minimum Gasteiger partial charge on any atom is -0.394 e. The number of hydrogen-bond donors (Lipinski definition) is 7. The van der Waals surface area contributed by atoms with Crippen molar-refractivity contribution in [2.45, 2.75) is 73.2 Å². The molecule has 11 nitrogen and oxygen atoms in total. The summed E-state index contributed by atoms with van der Waals surface area (Å²) in [5, 5.41) is 69.5. The number of hydrogen-bond acceptors (Lipinski definition) is 11. The van der Waals surface area contributed by atoms with E-state index in [0.717, 1.165) is 22.3 Å². The first-order chi connectivity index (χ1) is 21.2. The number of ketones is 1. The minimum atomic E-state index is -1.70. The molecule has 3 aliphatic heterocycles. The van der Waals surface area contributed by atoms with Crippen molar-refractivity contribution in [1.82, 2.24) is 0 Å². The molecule has 2 aromatic rings. The summed E-state index contributed by atoms with van der Waals surface area (Å²) in [4.78, 5) is 12.5. The van der Waals surface area contributed by atoms with Crippen molar-refractivity contribution in [3.63, 3.8) is 0 Å². The molecule has 0 radical (unpaired) electrons. The highest BCUT2D eigenvalue weighted by molar-refractivity contribution is 5.91. The Morgan fingerprint density at radius 2 is 1.30 bits per heavy atom. The fourth-order valence-corrected chi connectivity index (χ4v) is 6.54. The lowest BCUT2D eigenvalue weighted by Crippen LogP contribution is -2.58. The maximum atomic E-state index is 12.5. The number of rotatable bonds is 2. The van der Waals surface area contributed by atoms with Crippen molar-refractivity contribution in [2.75, 3.05) is 26.4 Å². The molecule has 7 N–H and O–H groups in total. The summed E-state index contributed by atoms with van der Waals surface area (Å²) in [5.74, 6) is 10.8. The third-order valence-electron chi connectivity index (χ3n) is 9.05. The fourth-order valence-electron chi connectivity index (χ4n) is 6.54. The first-order valence-corrected chi connectivity index (χ1v) is 14.6. The van der Waals surface area contributed by atoms with Gasteiger partial charge in [0.25, 0.3) is 0 Å². The lowest BCUT2D eigenvalue weighted by Gasteiger charge is -2.37. The van der Waals surface area contributed by atoms with Gasteiger partial charge in [-0.25, -0.2) is 0 Å². The molecule has 2 aromatic carbocycles. The van der Waals surface area contributed by atoms with Gasteiger partial charge in [-0.05, 0) is 59.4 Å². The van der Waals surface area contributed by atoms with E-state index in [2.05, 4.69) is 23.7 Å². The summed E-state index contributed by atoms with van der Waals surface area (Å²) < 4.78 is 16.7. The molecule has 0 amide bonds. The Morgan fingerprint density at radius 3 is 1.89 bits per heavy atom. The average molecular weight is 607 g/mol. The van der Waals surface area contributed by atoms with Crippen LogP contribution in [0.4, 0.5) is 0 Å². The van der Waals surface area contributed by atoms with Crippen LogP contribution in [0.25, 0.3) is 11.1 Å². The van der Waals surface area contributed by atoms with Crippen LogP contribution in [0.15, 0.2) is 36.4 Å². The van der Waals surface area contributed by atoms with Crippen LogP contribution in [0.1, 0.15) is 35.1 Å². The smallest absolute Gasteiger partial charge is 0.204 e. The first kappa shape index (κ1) is 30.8. The fraction of sp³-hybridized carbons (Fsp3) is 0.485. The molecule has 0 aromatic heterocycles. The van der Waals surface area contributed by atoms with E-state index in [9.17, 15) is 40.5 Å². The summed E-state index contributed by atoms with van der Waals surface area (Å²) in [6.07, 6.45) is -10.8. The number of benzene rings is 2. The van der Waals surface area contributed by atoms with Crippen LogP contribution in [0.2, 0.25) is 0 Å². The van der Waals surface area contributed by atoms with Gasteiger partial charge in [-0.1, -0.05) is 35.8 Å². The SMILES string of the molecule is O=C1[C@@H](O)[C@H](O)[C@@H](CO)O[C@@H]1C#Cc1ccc2c(c1)C1(CCOCC1)c1cc(C#C[C@H]3O[C@H](CO)[C@@H](O)[C@H](O)[C@@H]3O)ccc1-2. The molecule has 44 heavy (non-hydrogen) atoms. The van der Waals surface area contributed by atoms with Crippen molar-refractivity contribution < 1.29 is 54.8 Å². The van der Waals surface area contributed by atoms with Crippen LogP contribution < -0.4 is 0 Å². The molecule has 1 spiro atoms. The van der Waals surface area contributed by atoms with Crippen LogP contribution in [-0.4, -0.2) is 123 Å². The van der Waals surface area contributed by atoms with Gasteiger partial charge in [-0.3, -0.25) is 4.79 Å². The summed E-state index contributed by atoms with van der Waals surface area (Å²) >= 11 is 0. The van der Waals surface area contributed by atoms with E-state index in [0.29, 0.717) is 37.2 Å². The second-order valence-corrected chi connectivity index (χ2v) is 11.6. The third-order valence-corrected chi connectivity index (χ3v) is 9.05.